The van der Waals surface area contributed by atoms with Gasteiger partial charge in [-0.25, -0.2) is 4.79 Å². The minimum absolute atomic E-state index is 0.106. The molecule has 0 aliphatic carbocycles. The monoisotopic (exact) mass is 273 g/mol. The summed E-state index contributed by atoms with van der Waals surface area (Å²) in [7, 11) is 0. The number of H-pyrrole nitrogens is 1. The molecule has 3 heteroatoms. The molecule has 1 aromatic heterocycles. The highest BCUT2D eigenvalue weighted by atomic mass is 16.5. The van der Waals surface area contributed by atoms with Crippen molar-refractivity contribution in [1.82, 2.24) is 4.98 Å². The third-order valence-electron chi connectivity index (χ3n) is 3.27. The average Bonchev–Trinajstić information content (AvgIpc) is 2.80. The number of fused-ring (bicyclic) bond motifs is 1. The first kappa shape index (κ1) is 14.6. The maximum absolute atomic E-state index is 12.3. The quantitative estimate of drug-likeness (QED) is 0.848. The van der Waals surface area contributed by atoms with Crippen LogP contribution in [0.1, 0.15) is 50.5 Å². The van der Waals surface area contributed by atoms with Crippen LogP contribution in [0, 0.1) is 5.92 Å². The van der Waals surface area contributed by atoms with Gasteiger partial charge in [0, 0.05) is 17.1 Å². The largest absolute Gasteiger partial charge is 0.462 e. The Bertz CT molecular complexity index is 617. The van der Waals surface area contributed by atoms with E-state index < -0.39 is 0 Å². The van der Waals surface area contributed by atoms with Crippen molar-refractivity contribution in [2.75, 3.05) is 6.61 Å². The zero-order valence-corrected chi connectivity index (χ0v) is 12.9. The molecule has 0 fully saturated rings. The number of aromatic nitrogens is 1. The summed E-state index contributed by atoms with van der Waals surface area (Å²) in [5.74, 6) is 0.111. The van der Waals surface area contributed by atoms with E-state index in [0.717, 1.165) is 16.5 Å². The van der Waals surface area contributed by atoms with Crippen molar-refractivity contribution < 1.29 is 9.53 Å². The number of hydrogen-bond donors (Lipinski definition) is 1. The molecule has 2 aromatic rings. The van der Waals surface area contributed by atoms with Crippen LogP contribution < -0.4 is 0 Å². The zero-order valence-electron chi connectivity index (χ0n) is 12.9. The topological polar surface area (TPSA) is 42.1 Å². The van der Waals surface area contributed by atoms with Crippen molar-refractivity contribution in [3.8, 4) is 0 Å². The van der Waals surface area contributed by atoms with Crippen molar-refractivity contribution in [3.05, 3.63) is 35.5 Å². The number of carbonyl (C=O) groups is 1. The van der Waals surface area contributed by atoms with Gasteiger partial charge in [-0.1, -0.05) is 34.6 Å². The number of hydrogen-bond acceptors (Lipinski definition) is 2. The second-order valence-corrected chi connectivity index (χ2v) is 6.71. The fourth-order valence-corrected chi connectivity index (χ4v) is 2.21. The van der Waals surface area contributed by atoms with Crippen molar-refractivity contribution in [2.24, 2.45) is 5.92 Å². The van der Waals surface area contributed by atoms with Crippen LogP contribution in [0.15, 0.2) is 24.4 Å². The molecule has 0 aliphatic rings. The molecule has 0 spiro atoms. The number of esters is 1. The lowest BCUT2D eigenvalue weighted by Crippen LogP contribution is -2.19. The standard InChI is InChI=1S/C17H23NO2/c1-11(2)10-20-16(19)13-8-12-6-7-18-15(12)9-14(13)17(3,4)5/h6-9,11,18H,10H2,1-5H3. The van der Waals surface area contributed by atoms with Crippen LogP contribution in [-0.2, 0) is 10.2 Å². The summed E-state index contributed by atoms with van der Waals surface area (Å²) < 4.78 is 5.40. The molecule has 3 nitrogen and oxygen atoms in total. The number of nitrogens with one attached hydrogen (secondary N) is 1. The van der Waals surface area contributed by atoms with Crippen molar-refractivity contribution >= 4 is 16.9 Å². The highest BCUT2D eigenvalue weighted by Crippen LogP contribution is 2.30. The van der Waals surface area contributed by atoms with Crippen LogP contribution in [0.5, 0.6) is 0 Å². The van der Waals surface area contributed by atoms with Gasteiger partial charge in [0.1, 0.15) is 0 Å². The van der Waals surface area contributed by atoms with Gasteiger partial charge in [-0.15, -0.1) is 0 Å². The predicted octanol–water partition coefficient (Wildman–Crippen LogP) is 4.28. The van der Waals surface area contributed by atoms with Crippen LogP contribution in [-0.4, -0.2) is 17.6 Å². The van der Waals surface area contributed by atoms with Gasteiger partial charge >= 0.3 is 5.97 Å². The molecule has 0 radical (unpaired) electrons. The summed E-state index contributed by atoms with van der Waals surface area (Å²) >= 11 is 0. The first-order valence-electron chi connectivity index (χ1n) is 7.08. The van der Waals surface area contributed by atoms with Crippen molar-refractivity contribution in [1.29, 1.82) is 0 Å². The summed E-state index contributed by atoms with van der Waals surface area (Å²) in [6.45, 7) is 10.8. The Labute approximate surface area is 120 Å². The Balaban J connectivity index is 2.46. The van der Waals surface area contributed by atoms with Crippen LogP contribution in [0.25, 0.3) is 10.9 Å². The van der Waals surface area contributed by atoms with Gasteiger partial charge in [-0.3, -0.25) is 0 Å². The van der Waals surface area contributed by atoms with E-state index in [2.05, 4.69) is 31.8 Å². The number of aromatic amines is 1. The molecule has 1 N–H and O–H groups in total. The minimum atomic E-state index is -0.230. The molecule has 1 heterocycles. The van der Waals surface area contributed by atoms with Gasteiger partial charge in [0.2, 0.25) is 0 Å². The molecule has 0 bridgehead atoms. The average molecular weight is 273 g/mol. The van der Waals surface area contributed by atoms with E-state index in [1.807, 2.05) is 32.2 Å². The van der Waals surface area contributed by atoms with Crippen molar-refractivity contribution in [3.63, 3.8) is 0 Å². The fourth-order valence-electron chi connectivity index (χ4n) is 2.21. The lowest BCUT2D eigenvalue weighted by Gasteiger charge is -2.22. The SMILES string of the molecule is CC(C)COC(=O)c1cc2cc[nH]c2cc1C(C)(C)C. The van der Waals surface area contributed by atoms with Gasteiger partial charge < -0.3 is 9.72 Å². The Kier molecular flexibility index (Phi) is 3.89. The third kappa shape index (κ3) is 3.03. The molecular weight excluding hydrogens is 250 g/mol. The smallest absolute Gasteiger partial charge is 0.338 e. The molecular formula is C17H23NO2. The maximum atomic E-state index is 12.3. The molecule has 0 saturated carbocycles. The lowest BCUT2D eigenvalue weighted by molar-refractivity contribution is 0.0456. The van der Waals surface area contributed by atoms with Gasteiger partial charge in [0.15, 0.2) is 0 Å². The van der Waals surface area contributed by atoms with E-state index in [1.54, 1.807) is 0 Å². The van der Waals surface area contributed by atoms with Crippen LogP contribution in [0.4, 0.5) is 0 Å². The van der Waals surface area contributed by atoms with E-state index in [0.29, 0.717) is 18.1 Å². The Morgan fingerprint density at radius 3 is 2.60 bits per heavy atom. The number of carbonyl (C=O) groups excluding carboxylic acids is 1. The van der Waals surface area contributed by atoms with Gasteiger partial charge in [0.05, 0.1) is 12.2 Å². The highest BCUT2D eigenvalue weighted by Gasteiger charge is 2.23. The van der Waals surface area contributed by atoms with Crippen LogP contribution in [0.2, 0.25) is 0 Å². The summed E-state index contributed by atoms with van der Waals surface area (Å²) in [4.78, 5) is 15.5. The molecule has 0 amide bonds. The molecule has 20 heavy (non-hydrogen) atoms. The Hall–Kier alpha value is -1.77. The summed E-state index contributed by atoms with van der Waals surface area (Å²) in [5, 5.41) is 1.04. The highest BCUT2D eigenvalue weighted by molar-refractivity contribution is 5.97. The Morgan fingerprint density at radius 2 is 2.00 bits per heavy atom. The summed E-state index contributed by atoms with van der Waals surface area (Å²) in [6, 6.07) is 5.96. The van der Waals surface area contributed by atoms with Crippen LogP contribution >= 0.6 is 0 Å². The van der Waals surface area contributed by atoms with E-state index in [4.69, 9.17) is 4.74 Å². The van der Waals surface area contributed by atoms with E-state index in [1.165, 1.54) is 0 Å². The van der Waals surface area contributed by atoms with E-state index >= 15 is 0 Å². The molecule has 2 rings (SSSR count). The number of rotatable bonds is 3. The minimum Gasteiger partial charge on any atom is -0.462 e. The second kappa shape index (κ2) is 5.31. The van der Waals surface area contributed by atoms with E-state index in [-0.39, 0.29) is 11.4 Å². The first-order chi connectivity index (χ1) is 9.29. The Morgan fingerprint density at radius 1 is 1.30 bits per heavy atom. The third-order valence-corrected chi connectivity index (χ3v) is 3.27. The zero-order chi connectivity index (χ0) is 14.9. The second-order valence-electron chi connectivity index (χ2n) is 6.71. The molecule has 1 aromatic carbocycles. The fraction of sp³-hybridized carbons (Fsp3) is 0.471. The number of benzene rings is 1. The van der Waals surface area contributed by atoms with Gasteiger partial charge in [-0.05, 0) is 35.1 Å². The lowest BCUT2D eigenvalue weighted by atomic mass is 9.83. The molecule has 0 saturated heterocycles. The number of ether oxygens (including phenoxy) is 1. The maximum Gasteiger partial charge on any atom is 0.338 e. The van der Waals surface area contributed by atoms with Gasteiger partial charge in [-0.2, -0.15) is 0 Å². The van der Waals surface area contributed by atoms with E-state index in [9.17, 15) is 4.79 Å². The molecule has 0 atom stereocenters. The summed E-state index contributed by atoms with van der Waals surface area (Å²) in [6.07, 6.45) is 1.89. The van der Waals surface area contributed by atoms with Gasteiger partial charge in [0.25, 0.3) is 0 Å². The molecule has 0 unspecified atom stereocenters. The normalized spacial score (nSPS) is 12.1. The van der Waals surface area contributed by atoms with Crippen molar-refractivity contribution in [2.45, 2.75) is 40.0 Å². The first-order valence-corrected chi connectivity index (χ1v) is 7.08. The predicted molar refractivity (Wildman–Crippen MR) is 82.1 cm³/mol. The van der Waals surface area contributed by atoms with Crippen LogP contribution in [0.3, 0.4) is 0 Å². The summed E-state index contributed by atoms with van der Waals surface area (Å²) in [5.41, 5.74) is 2.63. The molecule has 0 aliphatic heterocycles. The molecule has 108 valence electrons.